The van der Waals surface area contributed by atoms with Gasteiger partial charge in [0.05, 0.1) is 25.5 Å². The van der Waals surface area contributed by atoms with E-state index in [0.717, 1.165) is 17.7 Å². The van der Waals surface area contributed by atoms with Gasteiger partial charge < -0.3 is 24.0 Å². The highest BCUT2D eigenvalue weighted by molar-refractivity contribution is 6.04. The van der Waals surface area contributed by atoms with Crippen LogP contribution in [0.4, 0.5) is 5.82 Å². The van der Waals surface area contributed by atoms with Crippen LogP contribution in [0.2, 0.25) is 0 Å². The molecule has 0 atom stereocenters. The van der Waals surface area contributed by atoms with Crippen molar-refractivity contribution >= 4 is 11.7 Å². The second kappa shape index (κ2) is 9.13. The molecule has 1 aliphatic heterocycles. The summed E-state index contributed by atoms with van der Waals surface area (Å²) in [5.74, 6) is 1.82. The first-order chi connectivity index (χ1) is 14.6. The maximum absolute atomic E-state index is 13.2. The minimum Gasteiger partial charge on any atom is -0.378 e. The number of aromatic nitrogens is 2. The average Bonchev–Trinajstić information content (AvgIpc) is 3.40. The first kappa shape index (κ1) is 20.2. The summed E-state index contributed by atoms with van der Waals surface area (Å²) in [6.45, 7) is 6.98. The number of benzene rings is 1. The number of morpholine rings is 1. The van der Waals surface area contributed by atoms with Gasteiger partial charge in [-0.25, -0.2) is 0 Å². The van der Waals surface area contributed by atoms with E-state index in [1.807, 2.05) is 41.3 Å². The number of anilines is 1. The predicted octanol–water partition coefficient (Wildman–Crippen LogP) is 3.29. The molecule has 4 rings (SSSR count). The molecule has 30 heavy (non-hydrogen) atoms. The highest BCUT2D eigenvalue weighted by Crippen LogP contribution is 2.31. The van der Waals surface area contributed by atoms with Crippen molar-refractivity contribution in [1.29, 1.82) is 0 Å². The molecule has 2 aromatic heterocycles. The van der Waals surface area contributed by atoms with Crippen LogP contribution in [0.25, 0.3) is 11.3 Å². The van der Waals surface area contributed by atoms with E-state index in [1.54, 1.807) is 0 Å². The maximum Gasteiger partial charge on any atom is 0.259 e. The van der Waals surface area contributed by atoms with Crippen molar-refractivity contribution < 1.29 is 18.6 Å². The van der Waals surface area contributed by atoms with Gasteiger partial charge in [-0.3, -0.25) is 4.79 Å². The number of nitrogens with zero attached hydrogens (tertiary/aromatic N) is 3. The van der Waals surface area contributed by atoms with Crippen LogP contribution >= 0.6 is 0 Å². The number of carbonyl (C=O) groups is 1. The van der Waals surface area contributed by atoms with Crippen molar-refractivity contribution in [1.82, 2.24) is 15.6 Å². The smallest absolute Gasteiger partial charge is 0.259 e. The molecule has 8 heteroatoms. The number of rotatable bonds is 7. The van der Waals surface area contributed by atoms with Crippen LogP contribution in [-0.4, -0.2) is 42.5 Å². The Labute approximate surface area is 175 Å². The third-order valence-corrected chi connectivity index (χ3v) is 4.90. The molecule has 1 aliphatic rings. The number of nitrogens with one attached hydrogen (secondary N) is 1. The van der Waals surface area contributed by atoms with E-state index >= 15 is 0 Å². The van der Waals surface area contributed by atoms with Gasteiger partial charge in [0.1, 0.15) is 5.56 Å². The Bertz CT molecular complexity index is 974. The molecule has 0 spiro atoms. The summed E-state index contributed by atoms with van der Waals surface area (Å²) in [6, 6.07) is 11.4. The molecular formula is C22H26N4O4. The minimum absolute atomic E-state index is 0.242. The van der Waals surface area contributed by atoms with Crippen molar-refractivity contribution in [3.05, 3.63) is 53.4 Å². The van der Waals surface area contributed by atoms with Gasteiger partial charge in [-0.1, -0.05) is 54.5 Å². The molecular weight excluding hydrogens is 384 g/mol. The SMILES string of the molecule is CC(C)Cc1cc(CNC(=O)c2c(N3CCOCC3)noc2-c2ccccc2)on1. The molecule has 1 saturated heterocycles. The van der Waals surface area contributed by atoms with Crippen molar-refractivity contribution in [2.45, 2.75) is 26.8 Å². The first-order valence-corrected chi connectivity index (χ1v) is 10.2. The number of hydrogen-bond acceptors (Lipinski definition) is 7. The van der Waals surface area contributed by atoms with E-state index < -0.39 is 0 Å². The average molecular weight is 410 g/mol. The van der Waals surface area contributed by atoms with Crippen LogP contribution in [-0.2, 0) is 17.7 Å². The van der Waals surface area contributed by atoms with Gasteiger partial charge in [-0.15, -0.1) is 0 Å². The monoisotopic (exact) mass is 410 g/mol. The maximum atomic E-state index is 13.2. The molecule has 0 aliphatic carbocycles. The lowest BCUT2D eigenvalue weighted by atomic mass is 10.1. The van der Waals surface area contributed by atoms with Crippen LogP contribution in [0.1, 0.15) is 35.7 Å². The first-order valence-electron chi connectivity index (χ1n) is 10.2. The predicted molar refractivity (Wildman–Crippen MR) is 111 cm³/mol. The summed E-state index contributed by atoms with van der Waals surface area (Å²) in [4.78, 5) is 15.2. The Morgan fingerprint density at radius 1 is 1.13 bits per heavy atom. The summed E-state index contributed by atoms with van der Waals surface area (Å²) in [6.07, 6.45) is 0.836. The largest absolute Gasteiger partial charge is 0.378 e. The Morgan fingerprint density at radius 3 is 2.63 bits per heavy atom. The topological polar surface area (TPSA) is 93.6 Å². The van der Waals surface area contributed by atoms with Gasteiger partial charge >= 0.3 is 0 Å². The Morgan fingerprint density at radius 2 is 1.90 bits per heavy atom. The van der Waals surface area contributed by atoms with Gasteiger partial charge in [0.25, 0.3) is 5.91 Å². The molecule has 0 radical (unpaired) electrons. The van der Waals surface area contributed by atoms with Crippen LogP contribution < -0.4 is 10.2 Å². The van der Waals surface area contributed by atoms with Gasteiger partial charge in [-0.05, 0) is 12.3 Å². The molecule has 8 nitrogen and oxygen atoms in total. The normalized spacial score (nSPS) is 14.3. The van der Waals surface area contributed by atoms with Crippen LogP contribution in [0.15, 0.2) is 45.4 Å². The third kappa shape index (κ3) is 4.54. The highest BCUT2D eigenvalue weighted by atomic mass is 16.5. The zero-order chi connectivity index (χ0) is 20.9. The lowest BCUT2D eigenvalue weighted by Gasteiger charge is -2.26. The van der Waals surface area contributed by atoms with E-state index in [-0.39, 0.29) is 12.5 Å². The molecule has 3 heterocycles. The molecule has 1 amide bonds. The summed E-state index contributed by atoms with van der Waals surface area (Å²) < 4.78 is 16.4. The molecule has 0 bridgehead atoms. The molecule has 3 aromatic rings. The lowest BCUT2D eigenvalue weighted by molar-refractivity contribution is 0.0946. The molecule has 1 aromatic carbocycles. The minimum atomic E-state index is -0.265. The van der Waals surface area contributed by atoms with E-state index in [1.165, 1.54) is 0 Å². The zero-order valence-corrected chi connectivity index (χ0v) is 17.3. The number of amides is 1. The standard InChI is InChI=1S/C22H26N4O4/c1-15(2)12-17-13-18(29-24-17)14-23-22(27)19-20(16-6-4-3-5-7-16)30-25-21(19)26-8-10-28-11-9-26/h3-7,13,15H,8-12,14H2,1-2H3,(H,23,27). The molecule has 1 N–H and O–H groups in total. The fourth-order valence-electron chi connectivity index (χ4n) is 3.47. The highest BCUT2D eigenvalue weighted by Gasteiger charge is 2.28. The summed E-state index contributed by atoms with van der Waals surface area (Å²) >= 11 is 0. The number of ether oxygens (including phenoxy) is 1. The zero-order valence-electron chi connectivity index (χ0n) is 17.3. The van der Waals surface area contributed by atoms with Gasteiger partial charge in [-0.2, -0.15) is 0 Å². The molecule has 158 valence electrons. The molecule has 1 fully saturated rings. The third-order valence-electron chi connectivity index (χ3n) is 4.90. The molecule has 0 unspecified atom stereocenters. The van der Waals surface area contributed by atoms with E-state index in [4.69, 9.17) is 13.8 Å². The summed E-state index contributed by atoms with van der Waals surface area (Å²) in [5, 5.41) is 11.2. The fourth-order valence-corrected chi connectivity index (χ4v) is 3.47. The fraction of sp³-hybridized carbons (Fsp3) is 0.409. The summed E-state index contributed by atoms with van der Waals surface area (Å²) in [5.41, 5.74) is 2.11. The van der Waals surface area contributed by atoms with E-state index in [2.05, 4.69) is 29.5 Å². The Kier molecular flexibility index (Phi) is 6.13. The van der Waals surface area contributed by atoms with Crippen LogP contribution in [0.5, 0.6) is 0 Å². The van der Waals surface area contributed by atoms with Gasteiger partial charge in [0.15, 0.2) is 17.3 Å². The van der Waals surface area contributed by atoms with Crippen molar-refractivity contribution in [2.75, 3.05) is 31.2 Å². The van der Waals surface area contributed by atoms with Crippen LogP contribution in [0.3, 0.4) is 0 Å². The number of carbonyl (C=O) groups excluding carboxylic acids is 1. The van der Waals surface area contributed by atoms with Gasteiger partial charge in [0, 0.05) is 24.7 Å². The Hall–Kier alpha value is -3.13. The second-order valence-electron chi connectivity index (χ2n) is 7.74. The van der Waals surface area contributed by atoms with Crippen molar-refractivity contribution in [2.24, 2.45) is 5.92 Å². The van der Waals surface area contributed by atoms with E-state index in [9.17, 15) is 4.79 Å². The second-order valence-corrected chi connectivity index (χ2v) is 7.74. The number of hydrogen-bond donors (Lipinski definition) is 1. The Balaban J connectivity index is 1.56. The van der Waals surface area contributed by atoms with Crippen molar-refractivity contribution in [3.63, 3.8) is 0 Å². The van der Waals surface area contributed by atoms with Crippen LogP contribution in [0, 0.1) is 5.92 Å². The van der Waals surface area contributed by atoms with Crippen molar-refractivity contribution in [3.8, 4) is 11.3 Å². The summed E-state index contributed by atoms with van der Waals surface area (Å²) in [7, 11) is 0. The molecule has 0 saturated carbocycles. The quantitative estimate of drug-likeness (QED) is 0.639. The lowest BCUT2D eigenvalue weighted by Crippen LogP contribution is -2.38. The van der Waals surface area contributed by atoms with E-state index in [0.29, 0.717) is 55.1 Å². The van der Waals surface area contributed by atoms with Gasteiger partial charge in [0.2, 0.25) is 0 Å².